The average Bonchev–Trinajstić information content (AvgIpc) is 3.46. The van der Waals surface area contributed by atoms with E-state index in [1.54, 1.807) is 41.2 Å². The fourth-order valence-electron chi connectivity index (χ4n) is 3.69. The van der Waals surface area contributed by atoms with Gasteiger partial charge in [-0.25, -0.2) is 28.8 Å². The first-order valence-corrected chi connectivity index (χ1v) is 10.5. The van der Waals surface area contributed by atoms with Crippen molar-refractivity contribution in [2.75, 3.05) is 30.0 Å². The number of hydrogen-bond donors (Lipinski definition) is 3. The molecule has 1 atom stereocenters. The van der Waals surface area contributed by atoms with Crippen LogP contribution < -0.4 is 16.8 Å². The van der Waals surface area contributed by atoms with Crippen molar-refractivity contribution >= 4 is 34.4 Å². The number of benzene rings is 1. The number of amides is 1. The van der Waals surface area contributed by atoms with Crippen molar-refractivity contribution < 1.29 is 18.7 Å². The molecule has 5 rings (SSSR count). The van der Waals surface area contributed by atoms with Gasteiger partial charge in [0.25, 0.3) is 0 Å². The first-order chi connectivity index (χ1) is 16.5. The molecule has 1 amide bonds. The highest BCUT2D eigenvalue weighted by atomic mass is 19.1. The number of aromatic nitrogens is 5. The van der Waals surface area contributed by atoms with Crippen LogP contribution in [0.1, 0.15) is 12.0 Å². The number of nitrogens with one attached hydrogen (secondary N) is 1. The molecule has 1 aliphatic heterocycles. The molecular weight excluding hydrogens is 443 g/mol. The molecule has 0 saturated carbocycles. The van der Waals surface area contributed by atoms with E-state index >= 15 is 0 Å². The number of pyridine rings is 1. The maximum atomic E-state index is 14.2. The molecule has 0 aliphatic carbocycles. The van der Waals surface area contributed by atoms with Gasteiger partial charge in [-0.15, -0.1) is 0 Å². The normalized spacial score (nSPS) is 15.5. The van der Waals surface area contributed by atoms with Crippen molar-refractivity contribution in [3.63, 3.8) is 0 Å². The summed E-state index contributed by atoms with van der Waals surface area (Å²) in [7, 11) is 0. The number of rotatable bonds is 5. The van der Waals surface area contributed by atoms with Crippen LogP contribution in [0.2, 0.25) is 0 Å². The van der Waals surface area contributed by atoms with E-state index in [9.17, 15) is 9.18 Å². The Morgan fingerprint density at radius 1 is 1.21 bits per heavy atom. The van der Waals surface area contributed by atoms with Gasteiger partial charge in [0.1, 0.15) is 23.3 Å². The number of nitrogens with zero attached hydrogens (tertiary/aromatic N) is 5. The first kappa shape index (κ1) is 21.5. The van der Waals surface area contributed by atoms with Gasteiger partial charge >= 0.3 is 6.09 Å². The number of carbonyl (C=O) groups is 1. The maximum Gasteiger partial charge on any atom is 0.412 e. The molecule has 0 radical (unpaired) electrons. The monoisotopic (exact) mass is 464 g/mol. The van der Waals surface area contributed by atoms with E-state index in [4.69, 9.17) is 20.9 Å². The molecule has 1 saturated heterocycles. The summed E-state index contributed by atoms with van der Waals surface area (Å²) < 4.78 is 26.2. The predicted molar refractivity (Wildman–Crippen MR) is 122 cm³/mol. The molecule has 4 heterocycles. The lowest BCUT2D eigenvalue weighted by Crippen LogP contribution is -2.24. The molecule has 174 valence electrons. The second kappa shape index (κ2) is 8.90. The number of carbonyl (C=O) groups excluding carboxylic acids is 1. The van der Waals surface area contributed by atoms with Crippen molar-refractivity contribution in [2.45, 2.75) is 19.1 Å². The number of halogens is 1. The van der Waals surface area contributed by atoms with E-state index in [1.807, 2.05) is 0 Å². The van der Waals surface area contributed by atoms with E-state index in [0.29, 0.717) is 41.9 Å². The van der Waals surface area contributed by atoms with Crippen LogP contribution in [0.25, 0.3) is 22.6 Å². The van der Waals surface area contributed by atoms with Gasteiger partial charge in [0.15, 0.2) is 23.1 Å². The zero-order chi connectivity index (χ0) is 23.7. The third-order valence-corrected chi connectivity index (χ3v) is 5.35. The number of nitrogen functional groups attached to an aromatic ring is 2. The molecule has 12 heteroatoms. The van der Waals surface area contributed by atoms with Gasteiger partial charge in [0, 0.05) is 18.2 Å². The van der Waals surface area contributed by atoms with Crippen LogP contribution in [-0.2, 0) is 16.0 Å². The lowest BCUT2D eigenvalue weighted by Gasteiger charge is -2.13. The zero-order valence-electron chi connectivity index (χ0n) is 17.9. The largest absolute Gasteiger partial charge is 0.443 e. The van der Waals surface area contributed by atoms with Gasteiger partial charge in [0.05, 0.1) is 25.1 Å². The Kier molecular flexibility index (Phi) is 5.64. The molecule has 0 spiro atoms. The van der Waals surface area contributed by atoms with E-state index in [-0.39, 0.29) is 41.6 Å². The van der Waals surface area contributed by atoms with Crippen molar-refractivity contribution in [3.05, 3.63) is 54.0 Å². The average molecular weight is 464 g/mol. The summed E-state index contributed by atoms with van der Waals surface area (Å²) in [6.45, 7) is 1.03. The number of fused-ring (bicyclic) bond motifs is 1. The van der Waals surface area contributed by atoms with Crippen molar-refractivity contribution in [2.24, 2.45) is 0 Å². The maximum absolute atomic E-state index is 14.2. The van der Waals surface area contributed by atoms with Gasteiger partial charge in [-0.3, -0.25) is 5.32 Å². The Morgan fingerprint density at radius 3 is 2.74 bits per heavy atom. The molecular formula is C22H21FN8O3. The molecule has 11 nitrogen and oxygen atoms in total. The summed E-state index contributed by atoms with van der Waals surface area (Å²) in [5, 5.41) is 7.69. The fraction of sp³-hybridized carbons (Fsp3) is 0.227. The minimum atomic E-state index is -0.728. The van der Waals surface area contributed by atoms with Crippen LogP contribution in [0.5, 0.6) is 0 Å². The highest BCUT2D eigenvalue weighted by Crippen LogP contribution is 2.30. The first-order valence-electron chi connectivity index (χ1n) is 10.5. The van der Waals surface area contributed by atoms with Crippen LogP contribution in [0.15, 0.2) is 42.6 Å². The topological polar surface area (TPSA) is 156 Å². The molecule has 1 aromatic carbocycles. The number of anilines is 3. The molecule has 4 aromatic rings. The second-order valence-electron chi connectivity index (χ2n) is 7.68. The molecule has 1 fully saturated rings. The summed E-state index contributed by atoms with van der Waals surface area (Å²) in [6, 6.07) is 9.97. The fourth-order valence-corrected chi connectivity index (χ4v) is 3.69. The van der Waals surface area contributed by atoms with Crippen LogP contribution in [0.3, 0.4) is 0 Å². The van der Waals surface area contributed by atoms with E-state index < -0.39 is 6.09 Å². The second-order valence-corrected chi connectivity index (χ2v) is 7.68. The van der Waals surface area contributed by atoms with Gasteiger partial charge in [-0.05, 0) is 18.2 Å². The molecule has 34 heavy (non-hydrogen) atoms. The van der Waals surface area contributed by atoms with Crippen LogP contribution >= 0.6 is 0 Å². The highest BCUT2D eigenvalue weighted by molar-refractivity contribution is 5.94. The predicted octanol–water partition coefficient (Wildman–Crippen LogP) is 2.58. The Morgan fingerprint density at radius 2 is 2.00 bits per heavy atom. The lowest BCUT2D eigenvalue weighted by molar-refractivity contribution is 0.0932. The number of hydrogen-bond acceptors (Lipinski definition) is 9. The molecule has 5 N–H and O–H groups in total. The summed E-state index contributed by atoms with van der Waals surface area (Å²) in [6.07, 6.45) is 1.17. The van der Waals surface area contributed by atoms with Crippen molar-refractivity contribution in [1.82, 2.24) is 24.7 Å². The van der Waals surface area contributed by atoms with Crippen molar-refractivity contribution in [3.8, 4) is 11.5 Å². The lowest BCUT2D eigenvalue weighted by atomic mass is 10.2. The zero-order valence-corrected chi connectivity index (χ0v) is 17.9. The third-order valence-electron chi connectivity index (χ3n) is 5.35. The van der Waals surface area contributed by atoms with Crippen LogP contribution in [0, 0.1) is 5.82 Å². The summed E-state index contributed by atoms with van der Waals surface area (Å²) in [5.74, 6) is -0.311. The van der Waals surface area contributed by atoms with Crippen molar-refractivity contribution in [1.29, 1.82) is 0 Å². The minimum absolute atomic E-state index is 0.0425. The number of ether oxygens (including phenoxy) is 2. The smallest absolute Gasteiger partial charge is 0.412 e. The van der Waals surface area contributed by atoms with Crippen LogP contribution in [-0.4, -0.2) is 50.1 Å². The Hall–Kier alpha value is -4.32. The number of nitrogens with two attached hydrogens (primary N) is 2. The minimum Gasteiger partial charge on any atom is -0.443 e. The Labute approximate surface area is 192 Å². The highest BCUT2D eigenvalue weighted by Gasteiger charge is 2.23. The third kappa shape index (κ3) is 4.18. The van der Waals surface area contributed by atoms with Gasteiger partial charge in [-0.1, -0.05) is 18.2 Å². The van der Waals surface area contributed by atoms with Gasteiger partial charge in [0.2, 0.25) is 0 Å². The van der Waals surface area contributed by atoms with E-state index in [1.165, 1.54) is 6.07 Å². The Balaban J connectivity index is 1.46. The van der Waals surface area contributed by atoms with Crippen LogP contribution in [0.4, 0.5) is 26.5 Å². The molecule has 3 aromatic heterocycles. The Bertz CT molecular complexity index is 1350. The van der Waals surface area contributed by atoms with Gasteiger partial charge in [-0.2, -0.15) is 5.10 Å². The summed E-state index contributed by atoms with van der Waals surface area (Å²) in [4.78, 5) is 25.2. The van der Waals surface area contributed by atoms with E-state index in [0.717, 1.165) is 0 Å². The molecule has 1 aliphatic rings. The SMILES string of the molecule is Nc1nc(-c2nn(Cc3ccccc3F)c3ncccc23)nc(N)c1NC(=O)OC1CCOC1. The summed E-state index contributed by atoms with van der Waals surface area (Å²) in [5.41, 5.74) is 13.6. The standard InChI is InChI=1S/C22H21FN8O3/c23-15-6-2-1-4-12(15)10-31-21-14(5-3-8-26-21)16(30-31)20-28-18(24)17(19(25)29-20)27-22(32)34-13-7-9-33-11-13/h1-6,8,13H,7,9-11H2,(H,27,32)(H4,24,25,28,29). The quantitative estimate of drug-likeness (QED) is 0.404. The molecule has 1 unspecified atom stereocenters. The summed E-state index contributed by atoms with van der Waals surface area (Å²) >= 11 is 0. The molecule has 0 bridgehead atoms. The van der Waals surface area contributed by atoms with E-state index in [2.05, 4.69) is 25.4 Å². The van der Waals surface area contributed by atoms with Gasteiger partial charge < -0.3 is 20.9 Å².